The summed E-state index contributed by atoms with van der Waals surface area (Å²) in [6.07, 6.45) is 9.54. The number of pyridine rings is 1. The van der Waals surface area contributed by atoms with E-state index in [1.807, 2.05) is 12.3 Å². The monoisotopic (exact) mass is 229 g/mol. The molecule has 2 unspecified atom stereocenters. The molecule has 0 aromatic carbocycles. The summed E-state index contributed by atoms with van der Waals surface area (Å²) in [6.45, 7) is 0.816. The zero-order chi connectivity index (χ0) is 11.9. The second kappa shape index (κ2) is 6.36. The van der Waals surface area contributed by atoms with Crippen molar-refractivity contribution in [2.75, 3.05) is 0 Å². The summed E-state index contributed by atoms with van der Waals surface area (Å²) in [7, 11) is 0. The Labute approximate surface area is 103 Å². The molecule has 0 radical (unpaired) electrons. The molecule has 1 heterocycles. The molecular formula is C14H19N3. The number of nitriles is 1. The third-order valence-corrected chi connectivity index (χ3v) is 3.47. The Morgan fingerprint density at radius 2 is 2.24 bits per heavy atom. The predicted molar refractivity (Wildman–Crippen MR) is 67.1 cm³/mol. The predicted octanol–water partition coefficient (Wildman–Crippen LogP) is 2.64. The zero-order valence-corrected chi connectivity index (χ0v) is 10.1. The average molecular weight is 229 g/mol. The summed E-state index contributed by atoms with van der Waals surface area (Å²) in [4.78, 5) is 4.10. The third-order valence-electron chi connectivity index (χ3n) is 3.47. The largest absolute Gasteiger partial charge is 0.309 e. The second-order valence-electron chi connectivity index (χ2n) is 4.72. The molecule has 3 heteroatoms. The molecule has 2 rings (SSSR count). The van der Waals surface area contributed by atoms with E-state index in [0.29, 0.717) is 6.04 Å². The summed E-state index contributed by atoms with van der Waals surface area (Å²) in [5.41, 5.74) is 1.19. The fourth-order valence-electron chi connectivity index (χ4n) is 2.46. The minimum atomic E-state index is 0.175. The number of rotatable bonds is 3. The van der Waals surface area contributed by atoms with Crippen LogP contribution in [0, 0.1) is 17.2 Å². The maximum absolute atomic E-state index is 9.18. The van der Waals surface area contributed by atoms with Gasteiger partial charge in [0.1, 0.15) is 0 Å². The van der Waals surface area contributed by atoms with Crippen molar-refractivity contribution in [1.82, 2.24) is 10.3 Å². The number of nitrogens with one attached hydrogen (secondary N) is 1. The van der Waals surface area contributed by atoms with Crippen molar-refractivity contribution in [1.29, 1.82) is 5.26 Å². The van der Waals surface area contributed by atoms with E-state index in [0.717, 1.165) is 19.4 Å². The van der Waals surface area contributed by atoms with Crippen LogP contribution in [-0.4, -0.2) is 11.0 Å². The zero-order valence-electron chi connectivity index (χ0n) is 10.1. The number of hydrogen-bond donors (Lipinski definition) is 1. The first-order chi connectivity index (χ1) is 8.40. The van der Waals surface area contributed by atoms with E-state index >= 15 is 0 Å². The maximum Gasteiger partial charge on any atom is 0.0672 e. The van der Waals surface area contributed by atoms with Crippen LogP contribution in [0.5, 0.6) is 0 Å². The molecule has 3 nitrogen and oxygen atoms in total. The highest BCUT2D eigenvalue weighted by molar-refractivity contribution is 5.08. The first-order valence-electron chi connectivity index (χ1n) is 6.42. The fraction of sp³-hybridized carbons (Fsp3) is 0.571. The van der Waals surface area contributed by atoms with Gasteiger partial charge in [-0.25, -0.2) is 0 Å². The quantitative estimate of drug-likeness (QED) is 0.811. The molecule has 2 atom stereocenters. The number of aromatic nitrogens is 1. The van der Waals surface area contributed by atoms with E-state index in [9.17, 15) is 5.26 Å². The van der Waals surface area contributed by atoms with Crippen LogP contribution in [0.15, 0.2) is 24.5 Å². The molecule has 0 spiro atoms. The standard InChI is InChI=1S/C14H19N3/c15-9-13-6-2-1-3-7-14(13)17-11-12-5-4-8-16-10-12/h4-5,8,10,13-14,17H,1-3,6-7,11H2. The van der Waals surface area contributed by atoms with Crippen molar-refractivity contribution in [2.24, 2.45) is 5.92 Å². The second-order valence-corrected chi connectivity index (χ2v) is 4.72. The lowest BCUT2D eigenvalue weighted by Gasteiger charge is -2.20. The first-order valence-corrected chi connectivity index (χ1v) is 6.42. The summed E-state index contributed by atoms with van der Waals surface area (Å²) in [5.74, 6) is 0.175. The summed E-state index contributed by atoms with van der Waals surface area (Å²) in [5, 5.41) is 12.7. The van der Waals surface area contributed by atoms with Crippen molar-refractivity contribution >= 4 is 0 Å². The van der Waals surface area contributed by atoms with Crippen LogP contribution in [0.4, 0.5) is 0 Å². The Balaban J connectivity index is 1.90. The van der Waals surface area contributed by atoms with Crippen LogP contribution in [0.1, 0.15) is 37.7 Å². The Hall–Kier alpha value is -1.40. The molecule has 17 heavy (non-hydrogen) atoms. The normalized spacial score (nSPS) is 24.9. The topological polar surface area (TPSA) is 48.7 Å². The summed E-state index contributed by atoms with van der Waals surface area (Å²) >= 11 is 0. The summed E-state index contributed by atoms with van der Waals surface area (Å²) in [6, 6.07) is 6.82. The Morgan fingerprint density at radius 1 is 1.35 bits per heavy atom. The highest BCUT2D eigenvalue weighted by Gasteiger charge is 2.22. The van der Waals surface area contributed by atoms with Gasteiger partial charge < -0.3 is 5.32 Å². The van der Waals surface area contributed by atoms with Crippen molar-refractivity contribution < 1.29 is 0 Å². The highest BCUT2D eigenvalue weighted by atomic mass is 14.9. The molecule has 0 amide bonds. The van der Waals surface area contributed by atoms with Gasteiger partial charge in [-0.2, -0.15) is 5.26 Å². The van der Waals surface area contributed by atoms with Gasteiger partial charge in [0, 0.05) is 25.0 Å². The van der Waals surface area contributed by atoms with Crippen LogP contribution in [0.25, 0.3) is 0 Å². The maximum atomic E-state index is 9.18. The molecule has 1 fully saturated rings. The Kier molecular flexibility index (Phi) is 4.52. The van der Waals surface area contributed by atoms with Crippen molar-refractivity contribution in [2.45, 2.75) is 44.7 Å². The van der Waals surface area contributed by atoms with Crippen molar-refractivity contribution in [3.63, 3.8) is 0 Å². The molecule has 0 saturated heterocycles. The van der Waals surface area contributed by atoms with Gasteiger partial charge in [-0.1, -0.05) is 25.3 Å². The van der Waals surface area contributed by atoms with Crippen LogP contribution < -0.4 is 5.32 Å². The van der Waals surface area contributed by atoms with Crippen LogP contribution in [0.2, 0.25) is 0 Å². The van der Waals surface area contributed by atoms with E-state index in [1.165, 1.54) is 24.8 Å². The first kappa shape index (κ1) is 12.1. The highest BCUT2D eigenvalue weighted by Crippen LogP contribution is 2.23. The van der Waals surface area contributed by atoms with Gasteiger partial charge in [-0.05, 0) is 24.5 Å². The molecule has 1 saturated carbocycles. The summed E-state index contributed by atoms with van der Waals surface area (Å²) < 4.78 is 0. The Morgan fingerprint density at radius 3 is 3.00 bits per heavy atom. The van der Waals surface area contributed by atoms with Crippen molar-refractivity contribution in [3.05, 3.63) is 30.1 Å². The molecule has 1 aromatic heterocycles. The van der Waals surface area contributed by atoms with Gasteiger partial charge in [0.2, 0.25) is 0 Å². The van der Waals surface area contributed by atoms with Gasteiger partial charge in [0.05, 0.1) is 12.0 Å². The molecule has 0 aliphatic heterocycles. The van der Waals surface area contributed by atoms with E-state index in [2.05, 4.69) is 22.4 Å². The van der Waals surface area contributed by atoms with Gasteiger partial charge >= 0.3 is 0 Å². The van der Waals surface area contributed by atoms with E-state index in [-0.39, 0.29) is 5.92 Å². The molecule has 1 N–H and O–H groups in total. The smallest absolute Gasteiger partial charge is 0.0672 e. The van der Waals surface area contributed by atoms with Crippen LogP contribution in [-0.2, 0) is 6.54 Å². The SMILES string of the molecule is N#CC1CCCCCC1NCc1cccnc1. The van der Waals surface area contributed by atoms with Gasteiger partial charge in [0.15, 0.2) is 0 Å². The number of nitrogens with zero attached hydrogens (tertiary/aromatic N) is 2. The lowest BCUT2D eigenvalue weighted by Crippen LogP contribution is -2.34. The molecule has 1 aliphatic carbocycles. The fourth-order valence-corrected chi connectivity index (χ4v) is 2.46. The van der Waals surface area contributed by atoms with E-state index < -0.39 is 0 Å². The lowest BCUT2D eigenvalue weighted by atomic mass is 9.96. The Bertz CT molecular complexity index is 369. The van der Waals surface area contributed by atoms with E-state index in [4.69, 9.17) is 0 Å². The van der Waals surface area contributed by atoms with E-state index in [1.54, 1.807) is 6.20 Å². The van der Waals surface area contributed by atoms with Crippen LogP contribution in [0.3, 0.4) is 0 Å². The minimum absolute atomic E-state index is 0.175. The average Bonchev–Trinajstić information content (AvgIpc) is 2.62. The molecule has 0 bridgehead atoms. The van der Waals surface area contributed by atoms with Crippen LogP contribution >= 0.6 is 0 Å². The van der Waals surface area contributed by atoms with Crippen molar-refractivity contribution in [3.8, 4) is 6.07 Å². The van der Waals surface area contributed by atoms with Gasteiger partial charge in [-0.3, -0.25) is 4.98 Å². The number of hydrogen-bond acceptors (Lipinski definition) is 3. The van der Waals surface area contributed by atoms with Gasteiger partial charge in [-0.15, -0.1) is 0 Å². The molecule has 1 aromatic rings. The lowest BCUT2D eigenvalue weighted by molar-refractivity contribution is 0.393. The minimum Gasteiger partial charge on any atom is -0.309 e. The molecular weight excluding hydrogens is 210 g/mol. The van der Waals surface area contributed by atoms with Gasteiger partial charge in [0.25, 0.3) is 0 Å². The molecule has 1 aliphatic rings. The molecule has 90 valence electrons. The third kappa shape index (κ3) is 3.54.